The summed E-state index contributed by atoms with van der Waals surface area (Å²) in [6.45, 7) is 11.8. The minimum Gasteiger partial charge on any atom is -0.347 e. The standard InChI is InChI=1S/C35H40N2O3/c1-34(2,3)36-32(39)30-25(17-15-23-11-7-9-13-28(23)30)19-21-27(38)22-20-26-18-16-24-12-8-10-14-29(24)31(26)33(40)37-35(4,5)6/h7-18H,19-22H2,1-6H3,(H,36,39)(H,37,40). The molecule has 0 saturated heterocycles. The van der Waals surface area contributed by atoms with Gasteiger partial charge in [-0.1, -0.05) is 72.8 Å². The van der Waals surface area contributed by atoms with Crippen LogP contribution in [-0.4, -0.2) is 28.7 Å². The molecule has 0 aromatic heterocycles. The molecule has 0 radical (unpaired) electrons. The van der Waals surface area contributed by atoms with Gasteiger partial charge in [0.25, 0.3) is 11.8 Å². The largest absolute Gasteiger partial charge is 0.347 e. The molecule has 5 heteroatoms. The van der Waals surface area contributed by atoms with Gasteiger partial charge in [0.15, 0.2) is 0 Å². The van der Waals surface area contributed by atoms with E-state index in [1.54, 1.807) is 0 Å². The second-order valence-electron chi connectivity index (χ2n) is 12.6. The SMILES string of the molecule is CC(C)(C)NC(=O)c1c(CCC(=O)CCc2ccc3ccccc3c2C(=O)NC(C)(C)C)ccc2ccccc12. The second kappa shape index (κ2) is 11.6. The normalized spacial score (nSPS) is 11.9. The van der Waals surface area contributed by atoms with E-state index in [4.69, 9.17) is 0 Å². The average molecular weight is 537 g/mol. The van der Waals surface area contributed by atoms with Gasteiger partial charge < -0.3 is 10.6 Å². The zero-order chi connectivity index (χ0) is 29.1. The number of benzene rings is 4. The molecule has 40 heavy (non-hydrogen) atoms. The van der Waals surface area contributed by atoms with E-state index in [2.05, 4.69) is 10.6 Å². The predicted octanol–water partition coefficient (Wildman–Crippen LogP) is 7.18. The molecular weight excluding hydrogens is 496 g/mol. The lowest BCUT2D eigenvalue weighted by atomic mass is 9.92. The van der Waals surface area contributed by atoms with Crippen molar-refractivity contribution in [3.63, 3.8) is 0 Å². The Bertz CT molecular complexity index is 1450. The van der Waals surface area contributed by atoms with Gasteiger partial charge in [0, 0.05) is 23.9 Å². The molecule has 4 aromatic rings. The number of nitrogens with one attached hydrogen (secondary N) is 2. The van der Waals surface area contributed by atoms with Gasteiger partial charge in [-0.15, -0.1) is 0 Å². The first-order valence-corrected chi connectivity index (χ1v) is 14.0. The molecule has 0 fully saturated rings. The Morgan fingerprint density at radius 1 is 0.550 bits per heavy atom. The number of carbonyl (C=O) groups excluding carboxylic acids is 3. The van der Waals surface area contributed by atoms with Crippen LogP contribution in [0.2, 0.25) is 0 Å². The van der Waals surface area contributed by atoms with Crippen molar-refractivity contribution in [1.29, 1.82) is 0 Å². The number of amides is 2. The van der Waals surface area contributed by atoms with E-state index in [1.807, 2.05) is 114 Å². The van der Waals surface area contributed by atoms with E-state index < -0.39 is 0 Å². The highest BCUT2D eigenvalue weighted by Gasteiger charge is 2.22. The van der Waals surface area contributed by atoms with Crippen molar-refractivity contribution >= 4 is 39.1 Å². The summed E-state index contributed by atoms with van der Waals surface area (Å²) in [6.07, 6.45) is 1.60. The van der Waals surface area contributed by atoms with E-state index in [0.717, 1.165) is 32.7 Å². The number of hydrogen-bond donors (Lipinski definition) is 2. The van der Waals surface area contributed by atoms with Gasteiger partial charge in [-0.05, 0) is 87.1 Å². The number of hydrogen-bond acceptors (Lipinski definition) is 3. The van der Waals surface area contributed by atoms with Gasteiger partial charge in [0.2, 0.25) is 0 Å². The monoisotopic (exact) mass is 536 g/mol. The number of ketones is 1. The Morgan fingerprint density at radius 2 is 0.925 bits per heavy atom. The summed E-state index contributed by atoms with van der Waals surface area (Å²) in [5.74, 6) is -0.152. The van der Waals surface area contributed by atoms with Crippen molar-refractivity contribution in [3.8, 4) is 0 Å². The van der Waals surface area contributed by atoms with E-state index in [1.165, 1.54) is 0 Å². The Kier molecular flexibility index (Phi) is 8.43. The van der Waals surface area contributed by atoms with Crippen LogP contribution in [0.1, 0.15) is 86.2 Å². The Morgan fingerprint density at radius 3 is 1.30 bits per heavy atom. The van der Waals surface area contributed by atoms with Crippen LogP contribution < -0.4 is 10.6 Å². The molecule has 4 rings (SSSR count). The maximum atomic E-state index is 13.3. The highest BCUT2D eigenvalue weighted by atomic mass is 16.2. The number of carbonyl (C=O) groups is 3. The molecule has 5 nitrogen and oxygen atoms in total. The lowest BCUT2D eigenvalue weighted by Crippen LogP contribution is -2.41. The molecule has 208 valence electrons. The maximum Gasteiger partial charge on any atom is 0.252 e. The van der Waals surface area contributed by atoms with Crippen molar-refractivity contribution in [1.82, 2.24) is 10.6 Å². The van der Waals surface area contributed by atoms with Gasteiger partial charge in [0.05, 0.1) is 11.1 Å². The zero-order valence-corrected chi connectivity index (χ0v) is 24.5. The first-order chi connectivity index (χ1) is 18.8. The number of rotatable bonds is 8. The molecule has 0 spiro atoms. The first-order valence-electron chi connectivity index (χ1n) is 14.0. The topological polar surface area (TPSA) is 75.3 Å². The van der Waals surface area contributed by atoms with Crippen LogP contribution >= 0.6 is 0 Å². The lowest BCUT2D eigenvalue weighted by molar-refractivity contribution is -0.119. The molecule has 0 aliphatic carbocycles. The van der Waals surface area contributed by atoms with Crippen LogP contribution in [0.25, 0.3) is 21.5 Å². The van der Waals surface area contributed by atoms with Gasteiger partial charge in [0.1, 0.15) is 5.78 Å². The summed E-state index contributed by atoms with van der Waals surface area (Å²) in [7, 11) is 0. The first kappa shape index (κ1) is 29.0. The van der Waals surface area contributed by atoms with Crippen LogP contribution in [0.15, 0.2) is 72.8 Å². The highest BCUT2D eigenvalue weighted by Crippen LogP contribution is 2.27. The van der Waals surface area contributed by atoms with E-state index in [9.17, 15) is 14.4 Å². The minimum atomic E-state index is -0.377. The van der Waals surface area contributed by atoms with Gasteiger partial charge in [-0.2, -0.15) is 0 Å². The summed E-state index contributed by atoms with van der Waals surface area (Å²) >= 11 is 0. The summed E-state index contributed by atoms with van der Waals surface area (Å²) < 4.78 is 0. The lowest BCUT2D eigenvalue weighted by Gasteiger charge is -2.22. The van der Waals surface area contributed by atoms with E-state index in [0.29, 0.717) is 36.8 Å². The zero-order valence-electron chi connectivity index (χ0n) is 24.5. The summed E-state index contributed by atoms with van der Waals surface area (Å²) in [4.78, 5) is 39.8. The molecule has 0 atom stereocenters. The molecule has 2 amide bonds. The molecule has 0 bridgehead atoms. The molecule has 0 saturated carbocycles. The molecule has 2 N–H and O–H groups in total. The fourth-order valence-corrected chi connectivity index (χ4v) is 5.07. The third-order valence-corrected chi connectivity index (χ3v) is 6.81. The van der Waals surface area contributed by atoms with Crippen LogP contribution in [0.5, 0.6) is 0 Å². The third kappa shape index (κ3) is 7.15. The molecule has 0 aliphatic rings. The number of aryl methyl sites for hydroxylation is 2. The van der Waals surface area contributed by atoms with Crippen molar-refractivity contribution in [2.24, 2.45) is 0 Å². The quantitative estimate of drug-likeness (QED) is 0.250. The Hall–Kier alpha value is -3.99. The van der Waals surface area contributed by atoms with Gasteiger partial charge >= 0.3 is 0 Å². The molecular formula is C35H40N2O3. The minimum absolute atomic E-state index is 0.102. The molecule has 0 heterocycles. The second-order valence-corrected chi connectivity index (χ2v) is 12.6. The predicted molar refractivity (Wildman–Crippen MR) is 164 cm³/mol. The summed E-state index contributed by atoms with van der Waals surface area (Å²) in [5.41, 5.74) is 2.25. The van der Waals surface area contributed by atoms with Crippen LogP contribution in [-0.2, 0) is 17.6 Å². The molecule has 0 aliphatic heterocycles. The summed E-state index contributed by atoms with van der Waals surface area (Å²) in [5, 5.41) is 9.94. The molecule has 0 unspecified atom stereocenters. The fourth-order valence-electron chi connectivity index (χ4n) is 5.07. The van der Waals surface area contributed by atoms with Crippen LogP contribution in [0.3, 0.4) is 0 Å². The van der Waals surface area contributed by atoms with Crippen LogP contribution in [0, 0.1) is 0 Å². The van der Waals surface area contributed by atoms with E-state index in [-0.39, 0.29) is 28.7 Å². The molecule has 4 aromatic carbocycles. The van der Waals surface area contributed by atoms with Crippen molar-refractivity contribution in [2.75, 3.05) is 0 Å². The number of Topliss-reactive ketones (excluding diaryl/α,β-unsaturated/α-hetero) is 1. The van der Waals surface area contributed by atoms with Gasteiger partial charge in [-0.25, -0.2) is 0 Å². The van der Waals surface area contributed by atoms with Crippen molar-refractivity contribution < 1.29 is 14.4 Å². The van der Waals surface area contributed by atoms with Gasteiger partial charge in [-0.3, -0.25) is 14.4 Å². The fraction of sp³-hybridized carbons (Fsp3) is 0.343. The van der Waals surface area contributed by atoms with Crippen molar-refractivity contribution in [3.05, 3.63) is 95.1 Å². The van der Waals surface area contributed by atoms with E-state index >= 15 is 0 Å². The van der Waals surface area contributed by atoms with Crippen molar-refractivity contribution in [2.45, 2.75) is 78.3 Å². The summed E-state index contributed by atoms with van der Waals surface area (Å²) in [6, 6.07) is 23.6. The highest BCUT2D eigenvalue weighted by molar-refractivity contribution is 6.09. The smallest absolute Gasteiger partial charge is 0.252 e. The number of fused-ring (bicyclic) bond motifs is 2. The van der Waals surface area contributed by atoms with Crippen LogP contribution in [0.4, 0.5) is 0 Å². The average Bonchev–Trinajstić information content (AvgIpc) is 2.87. The Balaban J connectivity index is 1.54. The maximum absolute atomic E-state index is 13.3. The third-order valence-electron chi connectivity index (χ3n) is 6.81. The Labute approximate surface area is 237 Å².